The molecule has 0 heterocycles. The molecule has 0 bridgehead atoms. The van der Waals surface area contributed by atoms with Crippen LogP contribution in [0.25, 0.3) is 0 Å². The molecule has 0 aliphatic heterocycles. The van der Waals surface area contributed by atoms with Crippen molar-refractivity contribution < 1.29 is 0 Å². The molecule has 0 aromatic rings. The summed E-state index contributed by atoms with van der Waals surface area (Å²) in [6, 6.07) is 2.45. The maximum Gasteiger partial charge on any atom is 0.0655 e. The van der Waals surface area contributed by atoms with E-state index in [4.69, 9.17) is 5.26 Å². The quantitative estimate of drug-likeness (QED) is 0.643. The third-order valence-electron chi connectivity index (χ3n) is 4.94. The largest absolute Gasteiger partial charge is 0.198 e. The Kier molecular flexibility index (Phi) is 4.66. The van der Waals surface area contributed by atoms with E-state index in [1.54, 1.807) is 0 Å². The fourth-order valence-electron chi connectivity index (χ4n) is 3.79. The minimum atomic E-state index is 0.300. The van der Waals surface area contributed by atoms with Gasteiger partial charge in [-0.1, -0.05) is 31.9 Å². The number of fused-ring (bicyclic) bond motifs is 1. The summed E-state index contributed by atoms with van der Waals surface area (Å²) in [5.41, 5.74) is 0. The van der Waals surface area contributed by atoms with Gasteiger partial charge in [0.15, 0.2) is 0 Å². The molecule has 1 fully saturated rings. The smallest absolute Gasteiger partial charge is 0.0655 e. The molecule has 0 aromatic heterocycles. The average Bonchev–Trinajstić information content (AvgIpc) is 2.40. The lowest BCUT2D eigenvalue weighted by atomic mass is 9.66. The normalized spacial score (nSPS) is 33.8. The van der Waals surface area contributed by atoms with Gasteiger partial charge in [-0.2, -0.15) is 5.26 Å². The average molecular weight is 231 g/mol. The minimum Gasteiger partial charge on any atom is -0.198 e. The van der Waals surface area contributed by atoms with E-state index in [0.29, 0.717) is 5.92 Å². The van der Waals surface area contributed by atoms with E-state index in [1.807, 2.05) is 0 Å². The van der Waals surface area contributed by atoms with E-state index < -0.39 is 0 Å². The van der Waals surface area contributed by atoms with Gasteiger partial charge in [0.05, 0.1) is 6.07 Å². The Morgan fingerprint density at radius 1 is 1.29 bits per heavy atom. The van der Waals surface area contributed by atoms with Crippen molar-refractivity contribution in [3.63, 3.8) is 0 Å². The Hall–Kier alpha value is -0.770. The second kappa shape index (κ2) is 6.24. The highest BCUT2D eigenvalue weighted by Crippen LogP contribution is 2.43. The highest BCUT2D eigenvalue weighted by molar-refractivity contribution is 4.98. The zero-order chi connectivity index (χ0) is 12.1. The van der Waals surface area contributed by atoms with Gasteiger partial charge in [0.1, 0.15) is 0 Å². The second-order valence-electron chi connectivity index (χ2n) is 5.87. The fourth-order valence-corrected chi connectivity index (χ4v) is 3.79. The van der Waals surface area contributed by atoms with E-state index in [0.717, 1.165) is 30.6 Å². The number of nitrogens with zero attached hydrogens (tertiary/aromatic N) is 1. The standard InChI is InChI=1S/C16H25N/c1-2-13(12-17)10-11-15-8-5-7-14-6-3-4-9-16(14)15/h3-4,13-16H,2,5-11H2,1H3. The summed E-state index contributed by atoms with van der Waals surface area (Å²) in [7, 11) is 0. The number of hydrogen-bond acceptors (Lipinski definition) is 1. The van der Waals surface area contributed by atoms with Crippen molar-refractivity contribution in [3.05, 3.63) is 12.2 Å². The lowest BCUT2D eigenvalue weighted by Gasteiger charge is -2.39. The molecule has 17 heavy (non-hydrogen) atoms. The molecule has 0 saturated heterocycles. The van der Waals surface area contributed by atoms with Gasteiger partial charge < -0.3 is 0 Å². The number of nitriles is 1. The van der Waals surface area contributed by atoms with Gasteiger partial charge in [-0.05, 0) is 56.3 Å². The van der Waals surface area contributed by atoms with Crippen molar-refractivity contribution in [1.82, 2.24) is 0 Å². The van der Waals surface area contributed by atoms with Crippen LogP contribution in [0.4, 0.5) is 0 Å². The topological polar surface area (TPSA) is 23.8 Å². The summed E-state index contributed by atoms with van der Waals surface area (Å²) in [4.78, 5) is 0. The van der Waals surface area contributed by atoms with Gasteiger partial charge in [0.2, 0.25) is 0 Å². The molecule has 1 saturated carbocycles. The van der Waals surface area contributed by atoms with Crippen molar-refractivity contribution in [1.29, 1.82) is 5.26 Å². The second-order valence-corrected chi connectivity index (χ2v) is 5.87. The van der Waals surface area contributed by atoms with E-state index >= 15 is 0 Å². The van der Waals surface area contributed by atoms with Crippen LogP contribution < -0.4 is 0 Å². The first-order chi connectivity index (χ1) is 8.35. The lowest BCUT2D eigenvalue weighted by molar-refractivity contribution is 0.135. The zero-order valence-corrected chi connectivity index (χ0v) is 11.1. The summed E-state index contributed by atoms with van der Waals surface area (Å²) < 4.78 is 0. The van der Waals surface area contributed by atoms with Gasteiger partial charge in [0, 0.05) is 5.92 Å². The van der Waals surface area contributed by atoms with E-state index in [-0.39, 0.29) is 0 Å². The molecule has 2 rings (SSSR count). The molecule has 4 atom stereocenters. The first kappa shape index (κ1) is 12.7. The van der Waals surface area contributed by atoms with Crippen LogP contribution in [-0.2, 0) is 0 Å². The van der Waals surface area contributed by atoms with Crippen molar-refractivity contribution >= 4 is 0 Å². The van der Waals surface area contributed by atoms with Crippen LogP contribution in [-0.4, -0.2) is 0 Å². The highest BCUT2D eigenvalue weighted by Gasteiger charge is 2.33. The summed E-state index contributed by atoms with van der Waals surface area (Å²) in [5.74, 6) is 3.10. The minimum absolute atomic E-state index is 0.300. The van der Waals surface area contributed by atoms with Crippen LogP contribution in [0.2, 0.25) is 0 Å². The highest BCUT2D eigenvalue weighted by atomic mass is 14.4. The summed E-state index contributed by atoms with van der Waals surface area (Å²) in [6.45, 7) is 2.14. The molecule has 0 radical (unpaired) electrons. The van der Waals surface area contributed by atoms with Crippen molar-refractivity contribution in [2.75, 3.05) is 0 Å². The molecular weight excluding hydrogens is 206 g/mol. The third-order valence-corrected chi connectivity index (χ3v) is 4.94. The molecule has 2 aliphatic carbocycles. The van der Waals surface area contributed by atoms with Crippen LogP contribution in [0.1, 0.15) is 58.3 Å². The Labute approximate surface area is 106 Å². The Bertz CT molecular complexity index is 299. The molecular formula is C16H25N. The van der Waals surface area contributed by atoms with Crippen LogP contribution in [0.5, 0.6) is 0 Å². The maximum absolute atomic E-state index is 9.03. The van der Waals surface area contributed by atoms with Gasteiger partial charge in [-0.3, -0.25) is 0 Å². The summed E-state index contributed by atoms with van der Waals surface area (Å²) in [5, 5.41) is 9.03. The first-order valence-electron chi connectivity index (χ1n) is 7.39. The lowest BCUT2D eigenvalue weighted by Crippen LogP contribution is -2.29. The summed E-state index contributed by atoms with van der Waals surface area (Å²) in [6.07, 6.45) is 15.1. The van der Waals surface area contributed by atoms with Crippen molar-refractivity contribution in [2.45, 2.75) is 58.3 Å². The summed E-state index contributed by atoms with van der Waals surface area (Å²) >= 11 is 0. The van der Waals surface area contributed by atoms with Crippen LogP contribution in [0, 0.1) is 35.0 Å². The molecule has 0 N–H and O–H groups in total. The van der Waals surface area contributed by atoms with E-state index in [9.17, 15) is 0 Å². The number of hydrogen-bond donors (Lipinski definition) is 0. The molecule has 1 nitrogen and oxygen atoms in total. The van der Waals surface area contributed by atoms with Crippen LogP contribution >= 0.6 is 0 Å². The van der Waals surface area contributed by atoms with Crippen molar-refractivity contribution in [2.24, 2.45) is 23.7 Å². The Morgan fingerprint density at radius 3 is 2.88 bits per heavy atom. The molecule has 0 amide bonds. The molecule has 0 aromatic carbocycles. The first-order valence-corrected chi connectivity index (χ1v) is 7.39. The van der Waals surface area contributed by atoms with E-state index in [2.05, 4.69) is 25.1 Å². The van der Waals surface area contributed by atoms with Gasteiger partial charge >= 0.3 is 0 Å². The maximum atomic E-state index is 9.03. The molecule has 94 valence electrons. The van der Waals surface area contributed by atoms with E-state index in [1.165, 1.54) is 38.5 Å². The van der Waals surface area contributed by atoms with Crippen molar-refractivity contribution in [3.8, 4) is 6.07 Å². The number of allylic oxidation sites excluding steroid dienone is 2. The Morgan fingerprint density at radius 2 is 2.12 bits per heavy atom. The fraction of sp³-hybridized carbons (Fsp3) is 0.812. The molecule has 2 aliphatic rings. The van der Waals surface area contributed by atoms with Gasteiger partial charge in [-0.25, -0.2) is 0 Å². The Balaban J connectivity index is 1.87. The zero-order valence-electron chi connectivity index (χ0n) is 11.1. The monoisotopic (exact) mass is 231 g/mol. The molecule has 4 unspecified atom stereocenters. The van der Waals surface area contributed by atoms with Gasteiger partial charge in [-0.15, -0.1) is 0 Å². The van der Waals surface area contributed by atoms with Crippen LogP contribution in [0.15, 0.2) is 12.2 Å². The van der Waals surface area contributed by atoms with Crippen LogP contribution in [0.3, 0.4) is 0 Å². The predicted octanol–water partition coefficient (Wildman–Crippen LogP) is 4.70. The third kappa shape index (κ3) is 3.12. The van der Waals surface area contributed by atoms with Gasteiger partial charge in [0.25, 0.3) is 0 Å². The molecule has 1 heteroatoms. The SMILES string of the molecule is CCC(C#N)CCC1CCCC2CC=CCC21. The predicted molar refractivity (Wildman–Crippen MR) is 71.3 cm³/mol. The molecule has 0 spiro atoms. The number of rotatable bonds is 4.